The van der Waals surface area contributed by atoms with Crippen LogP contribution in [0.2, 0.25) is 0 Å². The van der Waals surface area contributed by atoms with E-state index in [2.05, 4.69) is 6.26 Å². The Hall–Kier alpha value is 0.310. The average Bonchev–Trinajstić information content (AvgIpc) is 2.14. The molecule has 0 amide bonds. The van der Waals surface area contributed by atoms with Crippen LogP contribution in [0, 0.1) is 0 Å². The highest BCUT2D eigenvalue weighted by Crippen LogP contribution is 2.26. The second-order valence-corrected chi connectivity index (χ2v) is 3.57. The number of rotatable bonds is 1. The molecule has 0 spiro atoms. The standard InChI is InChI=1S/C6H13NS/c1-8-6-3-2-5(7)4-6/h5-6H,2-4,7H2,1H3/t5-,6+/m0/s1. The Morgan fingerprint density at radius 3 is 2.50 bits per heavy atom. The quantitative estimate of drug-likeness (QED) is 0.579. The summed E-state index contributed by atoms with van der Waals surface area (Å²) >= 11 is 1.96. The summed E-state index contributed by atoms with van der Waals surface area (Å²) in [7, 11) is 0. The SMILES string of the molecule is CS[C@@H]1CC[C@H](N)C1. The zero-order valence-corrected chi connectivity index (χ0v) is 6.08. The molecule has 1 fully saturated rings. The van der Waals surface area contributed by atoms with Crippen LogP contribution in [0.15, 0.2) is 0 Å². The van der Waals surface area contributed by atoms with Gasteiger partial charge in [0.15, 0.2) is 0 Å². The molecule has 0 unspecified atom stereocenters. The van der Waals surface area contributed by atoms with Crippen molar-refractivity contribution in [2.24, 2.45) is 5.73 Å². The van der Waals surface area contributed by atoms with Crippen molar-refractivity contribution in [3.8, 4) is 0 Å². The Labute approximate surface area is 55.0 Å². The molecule has 0 aromatic rings. The molecule has 2 heteroatoms. The van der Waals surface area contributed by atoms with E-state index >= 15 is 0 Å². The fraction of sp³-hybridized carbons (Fsp3) is 1.00. The number of nitrogens with two attached hydrogens (primary N) is 1. The molecule has 0 heterocycles. The lowest BCUT2D eigenvalue weighted by Crippen LogP contribution is -2.14. The molecule has 8 heavy (non-hydrogen) atoms. The molecular weight excluding hydrogens is 118 g/mol. The summed E-state index contributed by atoms with van der Waals surface area (Å²) in [6.45, 7) is 0. The number of hydrogen-bond donors (Lipinski definition) is 1. The number of hydrogen-bond acceptors (Lipinski definition) is 2. The van der Waals surface area contributed by atoms with Gasteiger partial charge in [0.1, 0.15) is 0 Å². The highest BCUT2D eigenvalue weighted by atomic mass is 32.2. The summed E-state index contributed by atoms with van der Waals surface area (Å²) < 4.78 is 0. The van der Waals surface area contributed by atoms with Crippen LogP contribution in [-0.4, -0.2) is 17.5 Å². The van der Waals surface area contributed by atoms with Gasteiger partial charge in [-0.15, -0.1) is 0 Å². The van der Waals surface area contributed by atoms with Crippen LogP contribution >= 0.6 is 11.8 Å². The van der Waals surface area contributed by atoms with Crippen LogP contribution in [0.5, 0.6) is 0 Å². The minimum atomic E-state index is 0.507. The second kappa shape index (κ2) is 2.74. The van der Waals surface area contributed by atoms with E-state index in [-0.39, 0.29) is 0 Å². The third-order valence-corrected chi connectivity index (χ3v) is 2.85. The van der Waals surface area contributed by atoms with E-state index < -0.39 is 0 Å². The molecule has 0 bridgehead atoms. The van der Waals surface area contributed by atoms with Crippen LogP contribution in [0.4, 0.5) is 0 Å². The van der Waals surface area contributed by atoms with Gasteiger partial charge in [-0.3, -0.25) is 0 Å². The third kappa shape index (κ3) is 1.39. The minimum absolute atomic E-state index is 0.507. The van der Waals surface area contributed by atoms with Crippen molar-refractivity contribution < 1.29 is 0 Å². The highest BCUT2D eigenvalue weighted by Gasteiger charge is 2.19. The molecule has 2 atom stereocenters. The van der Waals surface area contributed by atoms with E-state index in [0.29, 0.717) is 6.04 Å². The molecule has 0 aromatic carbocycles. The molecule has 1 rings (SSSR count). The van der Waals surface area contributed by atoms with Crippen molar-refractivity contribution in [2.75, 3.05) is 6.26 Å². The van der Waals surface area contributed by atoms with E-state index in [1.54, 1.807) is 0 Å². The largest absolute Gasteiger partial charge is 0.328 e. The molecule has 0 radical (unpaired) electrons. The maximum absolute atomic E-state index is 5.69. The maximum atomic E-state index is 5.69. The van der Waals surface area contributed by atoms with E-state index in [9.17, 15) is 0 Å². The van der Waals surface area contributed by atoms with Gasteiger partial charge in [0, 0.05) is 11.3 Å². The van der Waals surface area contributed by atoms with Crippen LogP contribution in [0.25, 0.3) is 0 Å². The van der Waals surface area contributed by atoms with Gasteiger partial charge in [-0.25, -0.2) is 0 Å². The van der Waals surface area contributed by atoms with E-state index in [0.717, 1.165) is 5.25 Å². The second-order valence-electron chi connectivity index (χ2n) is 2.43. The summed E-state index contributed by atoms with van der Waals surface area (Å²) in [6, 6.07) is 0.507. The Morgan fingerprint density at radius 1 is 1.50 bits per heavy atom. The normalized spacial score (nSPS) is 38.2. The lowest BCUT2D eigenvalue weighted by atomic mass is 10.3. The predicted octanol–water partition coefficient (Wildman–Crippen LogP) is 1.23. The fourth-order valence-corrected chi connectivity index (χ4v) is 2.00. The van der Waals surface area contributed by atoms with Crippen molar-refractivity contribution in [1.29, 1.82) is 0 Å². The summed E-state index contributed by atoms with van der Waals surface area (Å²) in [6.07, 6.45) is 5.98. The Morgan fingerprint density at radius 2 is 2.25 bits per heavy atom. The van der Waals surface area contributed by atoms with Gasteiger partial charge in [0.25, 0.3) is 0 Å². The average molecular weight is 131 g/mol. The molecular formula is C6H13NS. The van der Waals surface area contributed by atoms with Crippen molar-refractivity contribution in [1.82, 2.24) is 0 Å². The molecule has 48 valence electrons. The van der Waals surface area contributed by atoms with Gasteiger partial charge in [-0.05, 0) is 25.5 Å². The van der Waals surface area contributed by atoms with E-state index in [4.69, 9.17) is 5.73 Å². The first-order chi connectivity index (χ1) is 3.83. The lowest BCUT2D eigenvalue weighted by molar-refractivity contribution is 0.706. The van der Waals surface area contributed by atoms with Gasteiger partial charge in [-0.2, -0.15) is 11.8 Å². The van der Waals surface area contributed by atoms with Gasteiger partial charge < -0.3 is 5.73 Å². The van der Waals surface area contributed by atoms with Gasteiger partial charge >= 0.3 is 0 Å². The molecule has 1 nitrogen and oxygen atoms in total. The van der Waals surface area contributed by atoms with Gasteiger partial charge in [0.2, 0.25) is 0 Å². The van der Waals surface area contributed by atoms with Crippen LogP contribution < -0.4 is 5.73 Å². The summed E-state index contributed by atoms with van der Waals surface area (Å²) in [5, 5.41) is 0.866. The van der Waals surface area contributed by atoms with Crippen LogP contribution in [-0.2, 0) is 0 Å². The predicted molar refractivity (Wildman–Crippen MR) is 39.1 cm³/mol. The Bertz CT molecular complexity index is 74.9. The molecule has 0 saturated heterocycles. The molecule has 1 aliphatic carbocycles. The monoisotopic (exact) mass is 131 g/mol. The van der Waals surface area contributed by atoms with E-state index in [1.165, 1.54) is 19.3 Å². The van der Waals surface area contributed by atoms with Crippen molar-refractivity contribution in [3.63, 3.8) is 0 Å². The van der Waals surface area contributed by atoms with Gasteiger partial charge in [0.05, 0.1) is 0 Å². The smallest absolute Gasteiger partial charge is 0.00595 e. The third-order valence-electron chi connectivity index (χ3n) is 1.76. The first-order valence-corrected chi connectivity index (χ1v) is 4.40. The molecule has 1 aliphatic rings. The fourth-order valence-electron chi connectivity index (χ4n) is 1.19. The first-order valence-electron chi connectivity index (χ1n) is 3.11. The van der Waals surface area contributed by atoms with Crippen molar-refractivity contribution in [2.45, 2.75) is 30.6 Å². The maximum Gasteiger partial charge on any atom is 0.00595 e. The molecule has 1 saturated carbocycles. The Kier molecular flexibility index (Phi) is 2.20. The van der Waals surface area contributed by atoms with Crippen molar-refractivity contribution >= 4 is 11.8 Å². The van der Waals surface area contributed by atoms with Crippen LogP contribution in [0.1, 0.15) is 19.3 Å². The van der Waals surface area contributed by atoms with Crippen molar-refractivity contribution in [3.05, 3.63) is 0 Å². The summed E-state index contributed by atoms with van der Waals surface area (Å²) in [4.78, 5) is 0. The lowest BCUT2D eigenvalue weighted by Gasteiger charge is -2.02. The van der Waals surface area contributed by atoms with Gasteiger partial charge in [-0.1, -0.05) is 0 Å². The zero-order valence-electron chi connectivity index (χ0n) is 5.26. The minimum Gasteiger partial charge on any atom is -0.328 e. The zero-order chi connectivity index (χ0) is 5.98. The first kappa shape index (κ1) is 6.43. The highest BCUT2D eigenvalue weighted by molar-refractivity contribution is 7.99. The topological polar surface area (TPSA) is 26.0 Å². The summed E-state index contributed by atoms with van der Waals surface area (Å²) in [5.74, 6) is 0. The van der Waals surface area contributed by atoms with E-state index in [1.807, 2.05) is 11.8 Å². The number of thioether (sulfide) groups is 1. The molecule has 2 N–H and O–H groups in total. The van der Waals surface area contributed by atoms with Crippen LogP contribution in [0.3, 0.4) is 0 Å². The molecule has 0 aromatic heterocycles. The molecule has 0 aliphatic heterocycles. The summed E-state index contributed by atoms with van der Waals surface area (Å²) in [5.41, 5.74) is 5.69. The Balaban J connectivity index is 2.22.